The van der Waals surface area contributed by atoms with Gasteiger partial charge in [-0.25, -0.2) is 0 Å². The summed E-state index contributed by atoms with van der Waals surface area (Å²) in [5, 5.41) is 9.28. The van der Waals surface area contributed by atoms with Crippen LogP contribution in [0.15, 0.2) is 0 Å². The lowest BCUT2D eigenvalue weighted by atomic mass is 10.6. The molecule has 0 spiro atoms. The van der Waals surface area contributed by atoms with E-state index in [1.165, 1.54) is 14.2 Å². The van der Waals surface area contributed by atoms with E-state index in [9.17, 15) is 0 Å². The van der Waals surface area contributed by atoms with Crippen LogP contribution in [0, 0.1) is 11.3 Å². The summed E-state index contributed by atoms with van der Waals surface area (Å²) in [5.74, 6) is 0.0907. The molecule has 1 heterocycles. The molecule has 0 aliphatic carbocycles. The first-order chi connectivity index (χ1) is 8.08. The Balaban J connectivity index is 2.98. The minimum atomic E-state index is -2.88. The first kappa shape index (κ1) is 14.4. The molecule has 0 amide bonds. The van der Waals surface area contributed by atoms with Crippen LogP contribution in [-0.2, 0) is 20.9 Å². The van der Waals surface area contributed by atoms with Gasteiger partial charge in [-0.2, -0.15) is 10.2 Å². The topological polar surface area (TPSA) is 73.6 Å². The maximum atomic E-state index is 8.92. The molecule has 0 fully saturated rings. The smallest absolute Gasteiger partial charge is 0.381 e. The van der Waals surface area contributed by atoms with Gasteiger partial charge in [0.1, 0.15) is 6.07 Å². The fraction of sp³-hybridized carbons (Fsp3) is 0.500. The number of hydrogen-bond donors (Lipinski definition) is 0. The molecule has 0 N–H and O–H groups in total. The molecule has 1 rings (SSSR count). The van der Waals surface area contributed by atoms with Crippen LogP contribution in [0.3, 0.4) is 0 Å². The molecule has 0 radical (unpaired) electrons. The van der Waals surface area contributed by atoms with Gasteiger partial charge in [0.2, 0.25) is 0 Å². The molecule has 1 aromatic rings. The minimum Gasteiger partial charge on any atom is -0.470 e. The van der Waals surface area contributed by atoms with Crippen LogP contribution in [0.2, 0.25) is 0 Å². The van der Waals surface area contributed by atoms with Gasteiger partial charge in [-0.3, -0.25) is 0 Å². The second kappa shape index (κ2) is 6.28. The lowest BCUT2D eigenvalue weighted by molar-refractivity contribution is 0.269. The van der Waals surface area contributed by atoms with E-state index >= 15 is 0 Å². The van der Waals surface area contributed by atoms with E-state index < -0.39 is 6.72 Å². The van der Waals surface area contributed by atoms with E-state index in [0.29, 0.717) is 11.8 Å². The number of rotatable bonds is 6. The molecule has 6 nitrogen and oxygen atoms in total. The molecule has 0 unspecified atom stereocenters. The van der Waals surface area contributed by atoms with Crippen molar-refractivity contribution in [3.63, 3.8) is 0 Å². The average Bonchev–Trinajstić information content (AvgIpc) is 2.71. The molecule has 9 heteroatoms. The standard InChI is InChI=1S/C8H11N2O4PS2/c1-4-13-8-10-7(6(5-9)17-8)14-15(16,11-2)12-3/h4H2,1-3H3. The highest BCUT2D eigenvalue weighted by atomic mass is 32.5. The summed E-state index contributed by atoms with van der Waals surface area (Å²) in [6.07, 6.45) is 0. The number of nitriles is 1. The number of aromatic nitrogens is 1. The lowest BCUT2D eigenvalue weighted by Crippen LogP contribution is -1.98. The van der Waals surface area contributed by atoms with Crippen LogP contribution in [0.25, 0.3) is 0 Å². The normalized spacial score (nSPS) is 10.9. The van der Waals surface area contributed by atoms with Crippen molar-refractivity contribution >= 4 is 29.9 Å². The van der Waals surface area contributed by atoms with Crippen molar-refractivity contribution in [1.82, 2.24) is 4.98 Å². The molecule has 94 valence electrons. The van der Waals surface area contributed by atoms with Crippen LogP contribution in [0.1, 0.15) is 11.8 Å². The Morgan fingerprint density at radius 3 is 2.59 bits per heavy atom. The van der Waals surface area contributed by atoms with Crippen LogP contribution in [0.4, 0.5) is 0 Å². The quantitative estimate of drug-likeness (QED) is 0.745. The van der Waals surface area contributed by atoms with Crippen LogP contribution in [0.5, 0.6) is 11.1 Å². The van der Waals surface area contributed by atoms with Gasteiger partial charge >= 0.3 is 6.72 Å². The van der Waals surface area contributed by atoms with E-state index in [-0.39, 0.29) is 10.8 Å². The van der Waals surface area contributed by atoms with E-state index in [1.54, 1.807) is 0 Å². The molecule has 0 aliphatic heterocycles. The van der Waals surface area contributed by atoms with Gasteiger partial charge in [0.25, 0.3) is 11.1 Å². The minimum absolute atomic E-state index is 0.0907. The summed E-state index contributed by atoms with van der Waals surface area (Å²) in [4.78, 5) is 4.28. The Morgan fingerprint density at radius 2 is 2.12 bits per heavy atom. The Labute approximate surface area is 108 Å². The van der Waals surface area contributed by atoms with Gasteiger partial charge < -0.3 is 18.3 Å². The van der Waals surface area contributed by atoms with Crippen molar-refractivity contribution in [1.29, 1.82) is 5.26 Å². The van der Waals surface area contributed by atoms with Crippen LogP contribution in [-0.4, -0.2) is 25.8 Å². The predicted molar refractivity (Wildman–Crippen MR) is 66.9 cm³/mol. The molecule has 0 aromatic carbocycles. The van der Waals surface area contributed by atoms with Crippen LogP contribution < -0.4 is 9.26 Å². The van der Waals surface area contributed by atoms with Gasteiger partial charge in [-0.1, -0.05) is 11.3 Å². The summed E-state index contributed by atoms with van der Waals surface area (Å²) in [6.45, 7) is -0.597. The van der Waals surface area contributed by atoms with Gasteiger partial charge in [0.05, 0.1) is 6.61 Å². The summed E-state index contributed by atoms with van der Waals surface area (Å²) >= 11 is 6.11. The Kier molecular flexibility index (Phi) is 5.31. The maximum absolute atomic E-state index is 8.92. The van der Waals surface area contributed by atoms with Crippen molar-refractivity contribution in [2.24, 2.45) is 0 Å². The zero-order chi connectivity index (χ0) is 12.9. The van der Waals surface area contributed by atoms with Gasteiger partial charge in [0.15, 0.2) is 4.88 Å². The van der Waals surface area contributed by atoms with Crippen molar-refractivity contribution < 1.29 is 18.3 Å². The van der Waals surface area contributed by atoms with Gasteiger partial charge in [-0.15, -0.1) is 0 Å². The number of ether oxygens (including phenoxy) is 1. The molecule has 0 saturated carbocycles. The molecule has 17 heavy (non-hydrogen) atoms. The largest absolute Gasteiger partial charge is 0.470 e. The highest BCUT2D eigenvalue weighted by molar-refractivity contribution is 8.07. The molecule has 0 atom stereocenters. The summed E-state index contributed by atoms with van der Waals surface area (Å²) in [5.41, 5.74) is 0. The third-order valence-electron chi connectivity index (χ3n) is 1.59. The average molecular weight is 294 g/mol. The molecule has 1 aromatic heterocycles. The number of thiazole rings is 1. The van der Waals surface area contributed by atoms with E-state index in [1.807, 2.05) is 13.0 Å². The molecular formula is C8H11N2O4PS2. The molecule has 0 aliphatic rings. The summed E-state index contributed by atoms with van der Waals surface area (Å²) in [6, 6.07) is 1.96. The van der Waals surface area contributed by atoms with Crippen molar-refractivity contribution in [3.8, 4) is 17.1 Å². The third kappa shape index (κ3) is 3.63. The van der Waals surface area contributed by atoms with Gasteiger partial charge in [-0.05, 0) is 6.92 Å². The van der Waals surface area contributed by atoms with E-state index in [2.05, 4.69) is 4.98 Å². The zero-order valence-electron chi connectivity index (χ0n) is 9.50. The fourth-order valence-electron chi connectivity index (χ4n) is 0.860. The van der Waals surface area contributed by atoms with Crippen LogP contribution >= 0.6 is 18.1 Å². The van der Waals surface area contributed by atoms with Gasteiger partial charge in [0, 0.05) is 26.0 Å². The zero-order valence-corrected chi connectivity index (χ0v) is 12.0. The molecule has 0 bridgehead atoms. The molecular weight excluding hydrogens is 283 g/mol. The maximum Gasteiger partial charge on any atom is 0.381 e. The Morgan fingerprint density at radius 1 is 1.47 bits per heavy atom. The second-order valence-corrected chi connectivity index (χ2v) is 6.67. The SMILES string of the molecule is CCOc1nc(OP(=S)(OC)OC)c(C#N)s1. The number of nitrogens with zero attached hydrogens (tertiary/aromatic N) is 2. The van der Waals surface area contributed by atoms with Crippen molar-refractivity contribution in [3.05, 3.63) is 4.88 Å². The van der Waals surface area contributed by atoms with E-state index in [0.717, 1.165) is 11.3 Å². The lowest BCUT2D eigenvalue weighted by Gasteiger charge is -2.16. The molecule has 0 saturated heterocycles. The van der Waals surface area contributed by atoms with Crippen molar-refractivity contribution in [2.45, 2.75) is 6.92 Å². The monoisotopic (exact) mass is 294 g/mol. The first-order valence-electron chi connectivity index (χ1n) is 4.53. The number of hydrogen-bond acceptors (Lipinski definition) is 8. The highest BCUT2D eigenvalue weighted by Gasteiger charge is 2.24. The van der Waals surface area contributed by atoms with Crippen molar-refractivity contribution in [2.75, 3.05) is 20.8 Å². The Hall–Kier alpha value is -0.710. The predicted octanol–water partition coefficient (Wildman–Crippen LogP) is 2.31. The highest BCUT2D eigenvalue weighted by Crippen LogP contribution is 2.49. The second-order valence-electron chi connectivity index (χ2n) is 2.56. The Bertz CT molecular complexity index is 463. The first-order valence-corrected chi connectivity index (χ1v) is 7.90. The summed E-state index contributed by atoms with van der Waals surface area (Å²) in [7, 11) is 2.76. The third-order valence-corrected chi connectivity index (χ3v) is 4.85. The van der Waals surface area contributed by atoms with E-state index in [4.69, 9.17) is 35.4 Å². The fourth-order valence-corrected chi connectivity index (χ4v) is 2.48. The summed E-state index contributed by atoms with van der Waals surface area (Å²) < 4.78 is 20.4.